The largest absolute Gasteiger partial charge is 0.342 e. The number of rotatable bonds is 8. The second kappa shape index (κ2) is 8.95. The summed E-state index contributed by atoms with van der Waals surface area (Å²) >= 11 is 0. The van der Waals surface area contributed by atoms with Crippen LogP contribution >= 0.6 is 0 Å². The van der Waals surface area contributed by atoms with E-state index in [1.54, 1.807) is 16.4 Å². The van der Waals surface area contributed by atoms with Gasteiger partial charge in [-0.05, 0) is 61.6 Å². The van der Waals surface area contributed by atoms with Gasteiger partial charge < -0.3 is 4.90 Å². The fraction of sp³-hybridized carbons (Fsp3) is 0.682. The van der Waals surface area contributed by atoms with E-state index in [2.05, 4.69) is 20.8 Å². The van der Waals surface area contributed by atoms with Crippen molar-refractivity contribution in [3.05, 3.63) is 29.8 Å². The van der Waals surface area contributed by atoms with Crippen molar-refractivity contribution in [1.29, 1.82) is 0 Å². The van der Waals surface area contributed by atoms with Crippen molar-refractivity contribution >= 4 is 15.9 Å². The molecule has 1 aliphatic carbocycles. The van der Waals surface area contributed by atoms with E-state index in [9.17, 15) is 13.2 Å². The fourth-order valence-electron chi connectivity index (χ4n) is 3.95. The van der Waals surface area contributed by atoms with Gasteiger partial charge in [-0.3, -0.25) is 4.79 Å². The number of carbonyl (C=O) groups excluding carboxylic acids is 1. The quantitative estimate of drug-likeness (QED) is 0.659. The Morgan fingerprint density at radius 1 is 1.11 bits per heavy atom. The van der Waals surface area contributed by atoms with Gasteiger partial charge in [-0.2, -0.15) is 4.31 Å². The van der Waals surface area contributed by atoms with Crippen LogP contribution < -0.4 is 0 Å². The number of hydrogen-bond acceptors (Lipinski definition) is 3. The number of sulfonamides is 1. The highest BCUT2D eigenvalue weighted by molar-refractivity contribution is 7.89. The Hall–Kier alpha value is -1.40. The summed E-state index contributed by atoms with van der Waals surface area (Å²) in [6, 6.07) is 7.21. The van der Waals surface area contributed by atoms with Gasteiger partial charge in [0.15, 0.2) is 0 Å². The third-order valence-electron chi connectivity index (χ3n) is 5.97. The van der Waals surface area contributed by atoms with Gasteiger partial charge in [-0.1, -0.05) is 32.9 Å². The summed E-state index contributed by atoms with van der Waals surface area (Å²) in [5.74, 6) is 1.25. The smallest absolute Gasteiger partial charge is 0.243 e. The molecule has 1 amide bonds. The van der Waals surface area contributed by atoms with E-state index >= 15 is 0 Å². The van der Waals surface area contributed by atoms with Crippen LogP contribution in [0.15, 0.2) is 29.2 Å². The molecule has 0 bridgehead atoms. The summed E-state index contributed by atoms with van der Waals surface area (Å²) in [6.45, 7) is 8.84. The molecule has 3 rings (SSSR count). The lowest BCUT2D eigenvalue weighted by molar-refractivity contribution is -0.137. The second-order valence-corrected chi connectivity index (χ2v) is 10.6. The minimum Gasteiger partial charge on any atom is -0.342 e. The molecule has 1 saturated carbocycles. The maximum Gasteiger partial charge on any atom is 0.243 e. The van der Waals surface area contributed by atoms with Gasteiger partial charge in [-0.15, -0.1) is 0 Å². The van der Waals surface area contributed by atoms with Crippen molar-refractivity contribution in [1.82, 2.24) is 9.21 Å². The molecule has 1 saturated heterocycles. The Balaban J connectivity index is 1.61. The normalized spacial score (nSPS) is 19.1. The molecule has 5 nitrogen and oxygen atoms in total. The van der Waals surface area contributed by atoms with Crippen LogP contribution in [0, 0.1) is 11.8 Å². The van der Waals surface area contributed by atoms with Crippen molar-refractivity contribution in [2.45, 2.75) is 63.7 Å². The highest BCUT2D eigenvalue weighted by Crippen LogP contribution is 2.31. The molecule has 1 aromatic rings. The first kappa shape index (κ1) is 21.3. The Kier molecular flexibility index (Phi) is 6.81. The molecule has 2 fully saturated rings. The summed E-state index contributed by atoms with van der Waals surface area (Å²) in [7, 11) is -3.48. The van der Waals surface area contributed by atoms with Crippen molar-refractivity contribution in [2.75, 3.05) is 26.2 Å². The van der Waals surface area contributed by atoms with Gasteiger partial charge in [0, 0.05) is 32.1 Å². The van der Waals surface area contributed by atoms with Crippen molar-refractivity contribution in [3.8, 4) is 0 Å². The number of carbonyl (C=O) groups is 1. The molecular formula is C22H34N2O3S. The Morgan fingerprint density at radius 2 is 1.71 bits per heavy atom. The average molecular weight is 407 g/mol. The summed E-state index contributed by atoms with van der Waals surface area (Å²) in [6.07, 6.45) is 4.68. The van der Waals surface area contributed by atoms with Gasteiger partial charge in [0.1, 0.15) is 0 Å². The third kappa shape index (κ3) is 4.95. The van der Waals surface area contributed by atoms with E-state index in [4.69, 9.17) is 0 Å². The predicted octanol–water partition coefficient (Wildman–Crippen LogP) is 3.86. The summed E-state index contributed by atoms with van der Waals surface area (Å²) < 4.78 is 27.5. The number of amides is 1. The second-order valence-electron chi connectivity index (χ2n) is 8.63. The van der Waals surface area contributed by atoms with Crippen LogP contribution in [0.2, 0.25) is 0 Å². The van der Waals surface area contributed by atoms with Crippen LogP contribution in [-0.2, 0) is 14.8 Å². The summed E-state index contributed by atoms with van der Waals surface area (Å²) in [5, 5.41) is 0. The molecule has 28 heavy (non-hydrogen) atoms. The van der Waals surface area contributed by atoms with Crippen LogP contribution in [0.3, 0.4) is 0 Å². The van der Waals surface area contributed by atoms with Gasteiger partial charge >= 0.3 is 0 Å². The maximum atomic E-state index is 13.0. The highest BCUT2D eigenvalue weighted by atomic mass is 32.2. The molecule has 6 heteroatoms. The molecular weight excluding hydrogens is 372 g/mol. The summed E-state index contributed by atoms with van der Waals surface area (Å²) in [4.78, 5) is 15.3. The topological polar surface area (TPSA) is 57.7 Å². The average Bonchev–Trinajstić information content (AvgIpc) is 3.51. The lowest BCUT2D eigenvalue weighted by Crippen LogP contribution is -2.45. The van der Waals surface area contributed by atoms with E-state index in [0.717, 1.165) is 25.1 Å². The monoisotopic (exact) mass is 406 g/mol. The Bertz CT molecular complexity index is 761. The van der Waals surface area contributed by atoms with Crippen LogP contribution in [0.1, 0.15) is 64.4 Å². The maximum absolute atomic E-state index is 13.0. The van der Waals surface area contributed by atoms with Gasteiger partial charge in [0.25, 0.3) is 0 Å². The Labute approximate surface area is 170 Å². The molecule has 2 aliphatic rings. The lowest BCUT2D eigenvalue weighted by Gasteiger charge is -2.33. The zero-order valence-corrected chi connectivity index (χ0v) is 18.2. The van der Waals surface area contributed by atoms with E-state index in [-0.39, 0.29) is 11.8 Å². The fourth-order valence-corrected chi connectivity index (χ4v) is 5.42. The third-order valence-corrected chi connectivity index (χ3v) is 7.88. The van der Waals surface area contributed by atoms with Crippen LogP contribution in [0.25, 0.3) is 0 Å². The zero-order chi connectivity index (χ0) is 20.3. The predicted molar refractivity (Wildman–Crippen MR) is 112 cm³/mol. The molecule has 0 spiro atoms. The van der Waals surface area contributed by atoms with Crippen LogP contribution in [-0.4, -0.2) is 49.7 Å². The first-order valence-corrected chi connectivity index (χ1v) is 12.2. The first-order chi connectivity index (χ1) is 13.3. The van der Waals surface area contributed by atoms with Gasteiger partial charge in [-0.25, -0.2) is 8.42 Å². The Morgan fingerprint density at radius 3 is 2.21 bits per heavy atom. The van der Waals surface area contributed by atoms with Crippen molar-refractivity contribution < 1.29 is 13.2 Å². The molecule has 1 heterocycles. The first-order valence-electron chi connectivity index (χ1n) is 10.7. The zero-order valence-electron chi connectivity index (χ0n) is 17.4. The summed E-state index contributed by atoms with van der Waals surface area (Å²) in [5.41, 5.74) is 1.13. The number of hydrogen-bond donors (Lipinski definition) is 0. The number of benzene rings is 1. The highest BCUT2D eigenvalue weighted by Gasteiger charge is 2.35. The minimum atomic E-state index is -3.48. The van der Waals surface area contributed by atoms with E-state index in [0.29, 0.717) is 42.7 Å². The number of nitrogens with zero attached hydrogens (tertiary/aromatic N) is 2. The van der Waals surface area contributed by atoms with E-state index in [1.807, 2.05) is 17.0 Å². The molecule has 1 aromatic carbocycles. The lowest BCUT2D eigenvalue weighted by atomic mass is 9.96. The number of piperidine rings is 1. The molecule has 156 valence electrons. The molecule has 0 radical (unpaired) electrons. The minimum absolute atomic E-state index is 0.0416. The van der Waals surface area contributed by atoms with Crippen molar-refractivity contribution in [2.24, 2.45) is 11.8 Å². The molecule has 0 atom stereocenters. The van der Waals surface area contributed by atoms with E-state index < -0.39 is 10.0 Å². The molecule has 0 unspecified atom stereocenters. The van der Waals surface area contributed by atoms with Crippen LogP contribution in [0.4, 0.5) is 0 Å². The van der Waals surface area contributed by atoms with Gasteiger partial charge in [0.2, 0.25) is 15.9 Å². The van der Waals surface area contributed by atoms with Crippen molar-refractivity contribution in [3.63, 3.8) is 0 Å². The molecule has 0 N–H and O–H groups in total. The standard InChI is InChI=1S/C22H34N2O3S/c1-4-13-23(16-18-5-6-18)22(25)20-11-14-24(15-12-20)28(26,27)21-9-7-19(8-10-21)17(2)3/h7-10,17-18,20H,4-6,11-16H2,1-3H3. The molecule has 1 aliphatic heterocycles. The van der Waals surface area contributed by atoms with E-state index in [1.165, 1.54) is 12.8 Å². The van der Waals surface area contributed by atoms with Crippen LogP contribution in [0.5, 0.6) is 0 Å². The molecule has 0 aromatic heterocycles. The SMILES string of the molecule is CCCN(CC1CC1)C(=O)C1CCN(S(=O)(=O)c2ccc(C(C)C)cc2)CC1. The van der Waals surface area contributed by atoms with Gasteiger partial charge in [0.05, 0.1) is 4.90 Å².